The molecule has 0 saturated carbocycles. The Morgan fingerprint density at radius 2 is 2.05 bits per heavy atom. The molecule has 0 aromatic carbocycles. The van der Waals surface area contributed by atoms with Crippen molar-refractivity contribution in [2.24, 2.45) is 5.73 Å². The predicted octanol–water partition coefficient (Wildman–Crippen LogP) is 1.25. The van der Waals surface area contributed by atoms with Gasteiger partial charge in [-0.15, -0.1) is 0 Å². The number of primary amides is 1. The second-order valence-corrected chi connectivity index (χ2v) is 3.57. The van der Waals surface area contributed by atoms with Gasteiger partial charge in [0.05, 0.1) is 5.69 Å². The lowest BCUT2D eigenvalue weighted by atomic mass is 10.1. The van der Waals surface area contributed by atoms with Gasteiger partial charge in [0.15, 0.2) is 0 Å². The number of rotatable bonds is 2. The van der Waals surface area contributed by atoms with Gasteiger partial charge in [0.2, 0.25) is 0 Å². The summed E-state index contributed by atoms with van der Waals surface area (Å²) >= 11 is 0. The fraction of sp³-hybridized carbons (Fsp3) is 0.0769. The molecule has 0 aliphatic rings. The molecule has 0 fully saturated rings. The Morgan fingerprint density at radius 3 is 2.58 bits per heavy atom. The summed E-state index contributed by atoms with van der Waals surface area (Å²) in [5.74, 6) is -0.523. The molecule has 2 heterocycles. The molecule has 2 aromatic rings. The molecule has 2 rings (SSSR count). The Morgan fingerprint density at radius 1 is 1.37 bits per heavy atom. The van der Waals surface area contributed by atoms with Crippen LogP contribution in [0.4, 0.5) is 0 Å². The highest BCUT2D eigenvalue weighted by Crippen LogP contribution is 2.19. The largest absolute Gasteiger partial charge is 0.483 e. The Labute approximate surface area is 109 Å². The molecule has 1 amide bonds. The van der Waals surface area contributed by atoms with Crippen LogP contribution in [-0.4, -0.2) is 27.5 Å². The summed E-state index contributed by atoms with van der Waals surface area (Å²) in [6.07, 6.45) is 3.40. The summed E-state index contributed by atoms with van der Waals surface area (Å²) in [6, 6.07) is 7.17. The van der Waals surface area contributed by atoms with Crippen LogP contribution < -0.4 is 5.73 Å². The van der Waals surface area contributed by atoms with E-state index >= 15 is 0 Å². The van der Waals surface area contributed by atoms with Crippen LogP contribution in [-0.2, 0) is 4.79 Å². The maximum atomic E-state index is 11.0. The number of hydrogen-bond acceptors (Lipinski definition) is 4. The molecule has 0 saturated heterocycles. The highest BCUT2D eigenvalue weighted by Gasteiger charge is 2.08. The molecule has 6 nitrogen and oxygen atoms in total. The van der Waals surface area contributed by atoms with Gasteiger partial charge in [-0.05, 0) is 30.7 Å². The molecule has 0 atom stereocenters. The van der Waals surface area contributed by atoms with Crippen molar-refractivity contribution >= 4 is 12.4 Å². The van der Waals surface area contributed by atoms with Gasteiger partial charge in [0.1, 0.15) is 5.69 Å². The molecule has 0 aliphatic carbocycles. The average Bonchev–Trinajstić information content (AvgIpc) is 2.41. The first kappa shape index (κ1) is 14.3. The maximum Gasteiger partial charge on any atom is 0.290 e. The fourth-order valence-electron chi connectivity index (χ4n) is 1.46. The van der Waals surface area contributed by atoms with Gasteiger partial charge in [-0.1, -0.05) is 6.07 Å². The van der Waals surface area contributed by atoms with Gasteiger partial charge in [-0.3, -0.25) is 14.6 Å². The van der Waals surface area contributed by atoms with Crippen molar-refractivity contribution in [3.8, 4) is 11.3 Å². The van der Waals surface area contributed by atoms with Crippen LogP contribution in [0, 0.1) is 6.92 Å². The lowest BCUT2D eigenvalue weighted by molar-refractivity contribution is -0.122. The van der Waals surface area contributed by atoms with Crippen LogP contribution in [0.2, 0.25) is 0 Å². The Hall–Kier alpha value is -2.76. The summed E-state index contributed by atoms with van der Waals surface area (Å²) < 4.78 is 0. The fourth-order valence-corrected chi connectivity index (χ4v) is 1.46. The minimum absolute atomic E-state index is 0.250. The number of carbonyl (C=O) groups is 2. The van der Waals surface area contributed by atoms with Crippen molar-refractivity contribution in [2.45, 2.75) is 6.92 Å². The van der Waals surface area contributed by atoms with Crippen molar-refractivity contribution in [3.63, 3.8) is 0 Å². The van der Waals surface area contributed by atoms with E-state index in [0.717, 1.165) is 16.8 Å². The number of carbonyl (C=O) groups excluding carboxylic acids is 1. The third-order valence-corrected chi connectivity index (χ3v) is 2.28. The van der Waals surface area contributed by atoms with Gasteiger partial charge in [0, 0.05) is 18.0 Å². The topological polar surface area (TPSA) is 106 Å². The van der Waals surface area contributed by atoms with Gasteiger partial charge in [0.25, 0.3) is 12.4 Å². The number of aromatic nitrogens is 2. The normalized spacial score (nSPS) is 9.11. The van der Waals surface area contributed by atoms with Crippen molar-refractivity contribution in [1.29, 1.82) is 0 Å². The van der Waals surface area contributed by atoms with Crippen LogP contribution in [0.5, 0.6) is 0 Å². The smallest absolute Gasteiger partial charge is 0.290 e. The van der Waals surface area contributed by atoms with Gasteiger partial charge >= 0.3 is 0 Å². The molecule has 0 radical (unpaired) electrons. The number of carboxylic acid groups (broad SMARTS) is 1. The summed E-state index contributed by atoms with van der Waals surface area (Å²) in [4.78, 5) is 27.6. The Balaban J connectivity index is 0.000000550. The molecule has 19 heavy (non-hydrogen) atoms. The van der Waals surface area contributed by atoms with E-state index in [2.05, 4.69) is 9.97 Å². The summed E-state index contributed by atoms with van der Waals surface area (Å²) in [5.41, 5.74) is 8.06. The van der Waals surface area contributed by atoms with Crippen molar-refractivity contribution < 1.29 is 14.7 Å². The van der Waals surface area contributed by atoms with E-state index in [9.17, 15) is 4.79 Å². The first-order chi connectivity index (χ1) is 9.10. The van der Waals surface area contributed by atoms with E-state index in [1.165, 1.54) is 0 Å². The van der Waals surface area contributed by atoms with E-state index in [1.54, 1.807) is 18.5 Å². The third kappa shape index (κ3) is 3.88. The van der Waals surface area contributed by atoms with Gasteiger partial charge in [-0.25, -0.2) is 4.98 Å². The number of amides is 1. The van der Waals surface area contributed by atoms with E-state index in [1.807, 2.05) is 25.1 Å². The SMILES string of the molecule is Cc1ccc(C(N)=O)nc1-c1cccnc1.O=CO. The lowest BCUT2D eigenvalue weighted by Gasteiger charge is -2.05. The van der Waals surface area contributed by atoms with Crippen LogP contribution in [0.1, 0.15) is 16.1 Å². The molecular weight excluding hydrogens is 246 g/mol. The molecule has 3 N–H and O–H groups in total. The van der Waals surface area contributed by atoms with E-state index in [4.69, 9.17) is 15.6 Å². The number of hydrogen-bond donors (Lipinski definition) is 2. The Bertz CT molecular complexity index is 571. The van der Waals surface area contributed by atoms with Crippen LogP contribution in [0.15, 0.2) is 36.7 Å². The van der Waals surface area contributed by atoms with Gasteiger partial charge in [-0.2, -0.15) is 0 Å². The highest BCUT2D eigenvalue weighted by atomic mass is 16.3. The number of pyridine rings is 2. The zero-order chi connectivity index (χ0) is 14.3. The standard InChI is InChI=1S/C12H11N3O.CH2O2/c1-8-4-5-10(12(13)16)15-11(8)9-3-2-6-14-7-9;2-1-3/h2-7H,1H3,(H2,13,16);1H,(H,2,3). The first-order valence-corrected chi connectivity index (χ1v) is 5.36. The second kappa shape index (κ2) is 6.85. The molecular formula is C13H13N3O3. The quantitative estimate of drug-likeness (QED) is 0.789. The molecule has 6 heteroatoms. The van der Waals surface area contributed by atoms with Crippen molar-refractivity contribution in [2.75, 3.05) is 0 Å². The summed E-state index contributed by atoms with van der Waals surface area (Å²) in [5, 5.41) is 6.89. The predicted molar refractivity (Wildman–Crippen MR) is 69.4 cm³/mol. The van der Waals surface area contributed by atoms with E-state index in [-0.39, 0.29) is 12.2 Å². The van der Waals surface area contributed by atoms with Crippen LogP contribution >= 0.6 is 0 Å². The van der Waals surface area contributed by atoms with Crippen molar-refractivity contribution in [3.05, 3.63) is 47.9 Å². The molecule has 0 spiro atoms. The molecule has 0 bridgehead atoms. The summed E-state index contributed by atoms with van der Waals surface area (Å²) in [6.45, 7) is 1.68. The number of nitrogens with zero attached hydrogens (tertiary/aromatic N) is 2. The third-order valence-electron chi connectivity index (χ3n) is 2.28. The molecule has 0 unspecified atom stereocenters. The zero-order valence-electron chi connectivity index (χ0n) is 10.3. The minimum Gasteiger partial charge on any atom is -0.483 e. The minimum atomic E-state index is -0.523. The van der Waals surface area contributed by atoms with Crippen LogP contribution in [0.3, 0.4) is 0 Å². The van der Waals surface area contributed by atoms with Crippen LogP contribution in [0.25, 0.3) is 11.3 Å². The zero-order valence-corrected chi connectivity index (χ0v) is 10.3. The molecule has 0 aliphatic heterocycles. The lowest BCUT2D eigenvalue weighted by Crippen LogP contribution is -2.13. The summed E-state index contributed by atoms with van der Waals surface area (Å²) in [7, 11) is 0. The number of aryl methyl sites for hydroxylation is 1. The van der Waals surface area contributed by atoms with Gasteiger partial charge < -0.3 is 10.8 Å². The highest BCUT2D eigenvalue weighted by molar-refractivity contribution is 5.91. The maximum absolute atomic E-state index is 11.0. The second-order valence-electron chi connectivity index (χ2n) is 3.57. The van der Waals surface area contributed by atoms with Crippen molar-refractivity contribution in [1.82, 2.24) is 9.97 Å². The molecule has 2 aromatic heterocycles. The monoisotopic (exact) mass is 259 g/mol. The van der Waals surface area contributed by atoms with E-state index < -0.39 is 5.91 Å². The first-order valence-electron chi connectivity index (χ1n) is 5.36. The molecule has 98 valence electrons. The van der Waals surface area contributed by atoms with E-state index in [0.29, 0.717) is 0 Å². The number of nitrogens with two attached hydrogens (primary N) is 1. The Kier molecular flexibility index (Phi) is 5.16. The average molecular weight is 259 g/mol.